The molecule has 0 aliphatic heterocycles. The number of hydrogen-bond donors (Lipinski definition) is 1. The van der Waals surface area contributed by atoms with Crippen LogP contribution in [0.25, 0.3) is 0 Å². The van der Waals surface area contributed by atoms with Gasteiger partial charge in [0.05, 0.1) is 0 Å². The second-order valence-corrected chi connectivity index (χ2v) is 3.78. The van der Waals surface area contributed by atoms with Crippen LogP contribution in [-0.4, -0.2) is 38.1 Å². The molecule has 1 N–H and O–H groups in total. The third-order valence-electron chi connectivity index (χ3n) is 2.60. The van der Waals surface area contributed by atoms with Crippen molar-refractivity contribution < 1.29 is 0 Å². The third kappa shape index (κ3) is 2.61. The summed E-state index contributed by atoms with van der Waals surface area (Å²) in [6, 6.07) is 0.832. The summed E-state index contributed by atoms with van der Waals surface area (Å²) in [5.41, 5.74) is 1.28. The molecule has 0 aromatic carbocycles. The summed E-state index contributed by atoms with van der Waals surface area (Å²) >= 11 is 0. The van der Waals surface area contributed by atoms with Gasteiger partial charge in [0.2, 0.25) is 0 Å². The van der Waals surface area contributed by atoms with Crippen molar-refractivity contribution in [2.24, 2.45) is 0 Å². The van der Waals surface area contributed by atoms with Crippen molar-refractivity contribution in [3.05, 3.63) is 12.2 Å². The average molecular weight is 168 g/mol. The molecular weight excluding hydrogens is 148 g/mol. The number of rotatable bonds is 5. The molecule has 1 aliphatic rings. The Labute approximate surface area is 75.6 Å². The van der Waals surface area contributed by atoms with Crippen LogP contribution in [0.15, 0.2) is 12.2 Å². The largest absolute Gasteiger partial charge is 0.316 e. The van der Waals surface area contributed by atoms with Gasteiger partial charge in [-0.3, -0.25) is 4.90 Å². The summed E-state index contributed by atoms with van der Waals surface area (Å²) in [5.74, 6) is 0. The fraction of sp³-hybridized carbons (Fsp3) is 0.800. The van der Waals surface area contributed by atoms with Crippen molar-refractivity contribution in [1.82, 2.24) is 10.2 Å². The quantitative estimate of drug-likeness (QED) is 0.621. The molecule has 12 heavy (non-hydrogen) atoms. The van der Waals surface area contributed by atoms with E-state index in [1.807, 2.05) is 7.05 Å². The summed E-state index contributed by atoms with van der Waals surface area (Å²) in [4.78, 5) is 2.42. The monoisotopic (exact) mass is 168 g/mol. The van der Waals surface area contributed by atoms with E-state index in [1.165, 1.54) is 24.8 Å². The third-order valence-corrected chi connectivity index (χ3v) is 2.60. The Morgan fingerprint density at radius 1 is 1.58 bits per heavy atom. The van der Waals surface area contributed by atoms with Gasteiger partial charge in [-0.25, -0.2) is 0 Å². The molecule has 2 heteroatoms. The van der Waals surface area contributed by atoms with Crippen molar-refractivity contribution >= 4 is 0 Å². The Morgan fingerprint density at radius 3 is 2.67 bits per heavy atom. The molecule has 2 nitrogen and oxygen atoms in total. The molecule has 0 spiro atoms. The lowest BCUT2D eigenvalue weighted by Crippen LogP contribution is -2.39. The lowest BCUT2D eigenvalue weighted by atomic mass is 9.91. The van der Waals surface area contributed by atoms with E-state index >= 15 is 0 Å². The highest BCUT2D eigenvalue weighted by molar-refractivity contribution is 5.00. The van der Waals surface area contributed by atoms with Crippen LogP contribution >= 0.6 is 0 Å². The van der Waals surface area contributed by atoms with Crippen molar-refractivity contribution in [3.63, 3.8) is 0 Å². The number of nitrogens with one attached hydrogen (secondary N) is 1. The topological polar surface area (TPSA) is 15.3 Å². The zero-order chi connectivity index (χ0) is 8.97. The van der Waals surface area contributed by atoms with Crippen molar-refractivity contribution in [3.8, 4) is 0 Å². The van der Waals surface area contributed by atoms with E-state index in [0.717, 1.165) is 19.1 Å². The highest BCUT2D eigenvalue weighted by Gasteiger charge is 2.21. The Morgan fingerprint density at radius 2 is 2.25 bits per heavy atom. The van der Waals surface area contributed by atoms with E-state index in [0.29, 0.717) is 0 Å². The number of nitrogens with zero attached hydrogens (tertiary/aromatic N) is 1. The van der Waals surface area contributed by atoms with Crippen LogP contribution in [0.3, 0.4) is 0 Å². The first-order valence-electron chi connectivity index (χ1n) is 4.75. The van der Waals surface area contributed by atoms with Gasteiger partial charge in [0.25, 0.3) is 0 Å². The van der Waals surface area contributed by atoms with E-state index < -0.39 is 0 Å². The predicted octanol–water partition coefficient (Wildman–Crippen LogP) is 1.25. The molecule has 0 heterocycles. The summed E-state index contributed by atoms with van der Waals surface area (Å²) in [6.07, 6.45) is 4.17. The lowest BCUT2D eigenvalue weighted by molar-refractivity contribution is 0.171. The standard InChI is InChI=1S/C10H20N2/c1-9(7-11-2)8-12(3)10-5-4-6-10/h10-11H,1,4-8H2,2-3H3. The van der Waals surface area contributed by atoms with Gasteiger partial charge < -0.3 is 5.32 Å². The molecule has 0 saturated heterocycles. The normalized spacial score (nSPS) is 17.9. The smallest absolute Gasteiger partial charge is 0.0202 e. The lowest BCUT2D eigenvalue weighted by Gasteiger charge is -2.35. The molecule has 0 unspecified atom stereocenters. The van der Waals surface area contributed by atoms with Gasteiger partial charge in [-0.2, -0.15) is 0 Å². The Bertz CT molecular complexity index is 150. The molecule has 70 valence electrons. The van der Waals surface area contributed by atoms with Crippen LogP contribution in [0.4, 0.5) is 0 Å². The van der Waals surface area contributed by atoms with Gasteiger partial charge in [-0.1, -0.05) is 13.0 Å². The predicted molar refractivity (Wildman–Crippen MR) is 53.3 cm³/mol. The van der Waals surface area contributed by atoms with Gasteiger partial charge in [-0.15, -0.1) is 0 Å². The SMILES string of the molecule is C=C(CNC)CN(C)C1CCC1. The van der Waals surface area contributed by atoms with E-state index in [4.69, 9.17) is 0 Å². The van der Waals surface area contributed by atoms with E-state index in [9.17, 15) is 0 Å². The Kier molecular flexibility index (Phi) is 3.76. The summed E-state index contributed by atoms with van der Waals surface area (Å²) in [7, 11) is 4.17. The second kappa shape index (κ2) is 4.63. The molecule has 1 rings (SSSR count). The van der Waals surface area contributed by atoms with E-state index in [2.05, 4.69) is 23.8 Å². The van der Waals surface area contributed by atoms with Crippen LogP contribution in [0.2, 0.25) is 0 Å². The zero-order valence-electron chi connectivity index (χ0n) is 8.27. The Balaban J connectivity index is 2.15. The van der Waals surface area contributed by atoms with Gasteiger partial charge >= 0.3 is 0 Å². The van der Waals surface area contributed by atoms with Crippen LogP contribution in [-0.2, 0) is 0 Å². The van der Waals surface area contributed by atoms with Crippen molar-refractivity contribution in [2.45, 2.75) is 25.3 Å². The Hall–Kier alpha value is -0.340. The number of hydrogen-bond acceptors (Lipinski definition) is 2. The van der Waals surface area contributed by atoms with Crippen LogP contribution in [0, 0.1) is 0 Å². The summed E-state index contributed by atoms with van der Waals surface area (Å²) in [6.45, 7) is 6.01. The molecule has 0 atom stereocenters. The average Bonchev–Trinajstić information content (AvgIpc) is 1.82. The molecule has 1 saturated carbocycles. The van der Waals surface area contributed by atoms with Crippen molar-refractivity contribution in [2.75, 3.05) is 27.2 Å². The molecule has 0 amide bonds. The maximum Gasteiger partial charge on any atom is 0.0202 e. The maximum atomic E-state index is 4.02. The molecule has 0 bridgehead atoms. The minimum Gasteiger partial charge on any atom is -0.316 e. The molecule has 0 aromatic heterocycles. The van der Waals surface area contributed by atoms with E-state index in [1.54, 1.807) is 0 Å². The molecular formula is C10H20N2. The summed E-state index contributed by atoms with van der Waals surface area (Å²) in [5, 5.41) is 3.12. The molecule has 1 aliphatic carbocycles. The molecule has 1 fully saturated rings. The fourth-order valence-corrected chi connectivity index (χ4v) is 1.62. The van der Waals surface area contributed by atoms with Gasteiger partial charge in [0, 0.05) is 19.1 Å². The molecule has 0 radical (unpaired) electrons. The van der Waals surface area contributed by atoms with Crippen LogP contribution < -0.4 is 5.32 Å². The zero-order valence-corrected chi connectivity index (χ0v) is 8.27. The first kappa shape index (κ1) is 9.75. The minimum absolute atomic E-state index is 0.832. The highest BCUT2D eigenvalue weighted by atomic mass is 15.1. The van der Waals surface area contributed by atoms with Crippen LogP contribution in [0.5, 0.6) is 0 Å². The number of likely N-dealkylation sites (N-methyl/N-ethyl adjacent to an activating group) is 2. The first-order valence-corrected chi connectivity index (χ1v) is 4.75. The minimum atomic E-state index is 0.832. The maximum absolute atomic E-state index is 4.02. The van der Waals surface area contributed by atoms with Gasteiger partial charge in [0.15, 0.2) is 0 Å². The van der Waals surface area contributed by atoms with Gasteiger partial charge in [0.1, 0.15) is 0 Å². The van der Waals surface area contributed by atoms with Crippen LogP contribution in [0.1, 0.15) is 19.3 Å². The molecule has 0 aromatic rings. The highest BCUT2D eigenvalue weighted by Crippen LogP contribution is 2.23. The van der Waals surface area contributed by atoms with E-state index in [-0.39, 0.29) is 0 Å². The first-order chi connectivity index (χ1) is 5.74. The fourth-order valence-electron chi connectivity index (χ4n) is 1.62. The summed E-state index contributed by atoms with van der Waals surface area (Å²) < 4.78 is 0. The van der Waals surface area contributed by atoms with Crippen molar-refractivity contribution in [1.29, 1.82) is 0 Å². The second-order valence-electron chi connectivity index (χ2n) is 3.78. The van der Waals surface area contributed by atoms with Gasteiger partial charge in [-0.05, 0) is 32.5 Å².